The molecule has 13 heavy (non-hydrogen) atoms. The Hall–Kier alpha value is 0.01000. The van der Waals surface area contributed by atoms with E-state index in [0.29, 0.717) is 12.4 Å². The Kier molecular flexibility index (Phi) is 3.10. The van der Waals surface area contributed by atoms with Crippen LogP contribution in [0.3, 0.4) is 0 Å². The Morgan fingerprint density at radius 3 is 2.46 bits per heavy atom. The summed E-state index contributed by atoms with van der Waals surface area (Å²) in [7, 11) is 3.64. The van der Waals surface area contributed by atoms with Gasteiger partial charge in [-0.15, -0.1) is 23.2 Å². The highest BCUT2D eigenvalue weighted by Gasteiger charge is 2.49. The van der Waals surface area contributed by atoms with Gasteiger partial charge in [-0.25, -0.2) is 5.01 Å². The van der Waals surface area contributed by atoms with Crippen LogP contribution in [-0.4, -0.2) is 47.3 Å². The lowest BCUT2D eigenvalue weighted by Crippen LogP contribution is -2.42. The van der Waals surface area contributed by atoms with Crippen LogP contribution in [0.4, 0.5) is 0 Å². The van der Waals surface area contributed by atoms with Gasteiger partial charge in [-0.1, -0.05) is 0 Å². The number of amides is 1. The predicted octanol–water partition coefficient (Wildman–Crippen LogP) is 1.16. The molecule has 0 aromatic carbocycles. The van der Waals surface area contributed by atoms with Crippen LogP contribution in [0.5, 0.6) is 0 Å². The zero-order chi connectivity index (χ0) is 10.2. The number of nitrogens with zero attached hydrogens (tertiary/aromatic N) is 2. The molecule has 2 atom stereocenters. The average Bonchev–Trinajstić information content (AvgIpc) is 2.25. The Morgan fingerprint density at radius 2 is 2.23 bits per heavy atom. The van der Waals surface area contributed by atoms with Crippen molar-refractivity contribution in [3.8, 4) is 0 Å². The SMILES string of the molecule is CN(C)N1C[C@@H](CCl)[C@@](C)(Cl)C1=O. The van der Waals surface area contributed by atoms with Gasteiger partial charge >= 0.3 is 0 Å². The van der Waals surface area contributed by atoms with Gasteiger partial charge in [0.25, 0.3) is 5.91 Å². The molecule has 1 aliphatic rings. The second kappa shape index (κ2) is 3.64. The van der Waals surface area contributed by atoms with Crippen molar-refractivity contribution in [2.45, 2.75) is 11.8 Å². The fourth-order valence-corrected chi connectivity index (χ4v) is 2.16. The molecular weight excluding hydrogens is 211 g/mol. The van der Waals surface area contributed by atoms with Crippen LogP contribution in [0.1, 0.15) is 6.92 Å². The first-order chi connectivity index (χ1) is 5.91. The quantitative estimate of drug-likeness (QED) is 0.658. The zero-order valence-electron chi connectivity index (χ0n) is 8.05. The number of rotatable bonds is 2. The van der Waals surface area contributed by atoms with Gasteiger partial charge in [-0.05, 0) is 6.92 Å². The largest absolute Gasteiger partial charge is 0.274 e. The maximum atomic E-state index is 11.7. The molecule has 1 aliphatic heterocycles. The first-order valence-electron chi connectivity index (χ1n) is 4.15. The van der Waals surface area contributed by atoms with Crippen molar-refractivity contribution in [1.82, 2.24) is 10.0 Å². The van der Waals surface area contributed by atoms with Crippen LogP contribution in [0, 0.1) is 5.92 Å². The molecule has 76 valence electrons. The smallest absolute Gasteiger partial charge is 0.258 e. The summed E-state index contributed by atoms with van der Waals surface area (Å²) >= 11 is 11.9. The second-order valence-electron chi connectivity index (χ2n) is 3.66. The summed E-state index contributed by atoms with van der Waals surface area (Å²) in [5, 5.41) is 3.37. The van der Waals surface area contributed by atoms with E-state index < -0.39 is 4.87 Å². The number of halogens is 2. The fourth-order valence-electron chi connectivity index (χ4n) is 1.43. The van der Waals surface area contributed by atoms with Crippen LogP contribution < -0.4 is 0 Å². The van der Waals surface area contributed by atoms with E-state index in [1.807, 2.05) is 14.1 Å². The van der Waals surface area contributed by atoms with Crippen molar-refractivity contribution < 1.29 is 4.79 Å². The van der Waals surface area contributed by atoms with Crippen molar-refractivity contribution >= 4 is 29.1 Å². The minimum atomic E-state index is -0.841. The van der Waals surface area contributed by atoms with Crippen molar-refractivity contribution in [1.29, 1.82) is 0 Å². The van der Waals surface area contributed by atoms with Gasteiger partial charge in [0.1, 0.15) is 4.87 Å². The molecule has 0 aromatic heterocycles. The van der Waals surface area contributed by atoms with Gasteiger partial charge in [-0.3, -0.25) is 9.80 Å². The van der Waals surface area contributed by atoms with E-state index in [4.69, 9.17) is 23.2 Å². The number of hydrogen-bond donors (Lipinski definition) is 0. The van der Waals surface area contributed by atoms with Crippen molar-refractivity contribution in [3.63, 3.8) is 0 Å². The van der Waals surface area contributed by atoms with E-state index in [1.165, 1.54) is 0 Å². The molecule has 0 N–H and O–H groups in total. The molecule has 0 aliphatic carbocycles. The Bertz CT molecular complexity index is 218. The third-order valence-corrected chi connectivity index (χ3v) is 3.32. The Morgan fingerprint density at radius 1 is 1.69 bits per heavy atom. The number of hydrogen-bond acceptors (Lipinski definition) is 2. The maximum Gasteiger partial charge on any atom is 0.258 e. The number of carbonyl (C=O) groups is 1. The summed E-state index contributed by atoms with van der Waals surface area (Å²) in [6.45, 7) is 2.34. The Balaban J connectivity index is 2.85. The van der Waals surface area contributed by atoms with Crippen molar-refractivity contribution in [3.05, 3.63) is 0 Å². The third-order valence-electron chi connectivity index (χ3n) is 2.48. The molecular formula is C8H14Cl2N2O. The molecule has 0 saturated carbocycles. The predicted molar refractivity (Wildman–Crippen MR) is 53.9 cm³/mol. The lowest BCUT2D eigenvalue weighted by Gasteiger charge is -2.24. The molecule has 1 saturated heterocycles. The monoisotopic (exact) mass is 224 g/mol. The van der Waals surface area contributed by atoms with Crippen molar-refractivity contribution in [2.75, 3.05) is 26.5 Å². The second-order valence-corrected chi connectivity index (χ2v) is 4.76. The summed E-state index contributed by atoms with van der Waals surface area (Å²) in [5.74, 6) is 0.367. The van der Waals surface area contributed by atoms with Gasteiger partial charge < -0.3 is 0 Å². The first-order valence-corrected chi connectivity index (χ1v) is 5.06. The summed E-state index contributed by atoms with van der Waals surface area (Å²) in [4.78, 5) is 10.9. The molecule has 3 nitrogen and oxygen atoms in total. The van der Waals surface area contributed by atoms with Crippen molar-refractivity contribution in [2.24, 2.45) is 5.92 Å². The molecule has 1 heterocycles. The van der Waals surface area contributed by atoms with E-state index in [9.17, 15) is 4.79 Å². The van der Waals surface area contributed by atoms with Crippen LogP contribution in [0.2, 0.25) is 0 Å². The number of hydrazine groups is 1. The summed E-state index contributed by atoms with van der Waals surface area (Å²) < 4.78 is 0. The minimum Gasteiger partial charge on any atom is -0.274 e. The van der Waals surface area contributed by atoms with Gasteiger partial charge in [0, 0.05) is 32.4 Å². The van der Waals surface area contributed by atoms with Gasteiger partial charge in [0.2, 0.25) is 0 Å². The zero-order valence-corrected chi connectivity index (χ0v) is 9.56. The van der Waals surface area contributed by atoms with Gasteiger partial charge in [-0.2, -0.15) is 0 Å². The van der Waals surface area contributed by atoms with Gasteiger partial charge in [0.05, 0.1) is 0 Å². The topological polar surface area (TPSA) is 23.6 Å². The maximum absolute atomic E-state index is 11.7. The van der Waals surface area contributed by atoms with E-state index in [0.717, 1.165) is 0 Å². The minimum absolute atomic E-state index is 0.0192. The standard InChI is InChI=1S/C8H14Cl2N2O/c1-8(10)6(4-9)5-12(7(8)13)11(2)3/h6H,4-5H2,1-3H3/t6-,8-/m1/s1. The molecule has 0 unspecified atom stereocenters. The molecule has 1 rings (SSSR count). The normalized spacial score (nSPS) is 34.8. The molecule has 0 spiro atoms. The lowest BCUT2D eigenvalue weighted by atomic mass is 9.99. The van der Waals surface area contributed by atoms with Crippen LogP contribution in [0.25, 0.3) is 0 Å². The summed E-state index contributed by atoms with van der Waals surface area (Å²) in [6.07, 6.45) is 0. The lowest BCUT2D eigenvalue weighted by molar-refractivity contribution is -0.140. The Labute approximate surface area is 88.5 Å². The highest BCUT2D eigenvalue weighted by molar-refractivity contribution is 6.36. The summed E-state index contributed by atoms with van der Waals surface area (Å²) in [5.41, 5.74) is 0. The van der Waals surface area contributed by atoms with E-state index in [-0.39, 0.29) is 11.8 Å². The van der Waals surface area contributed by atoms with Gasteiger partial charge in [0.15, 0.2) is 0 Å². The molecule has 0 radical (unpaired) electrons. The van der Waals surface area contributed by atoms with Crippen LogP contribution >= 0.6 is 23.2 Å². The molecule has 0 aromatic rings. The molecule has 5 heteroatoms. The molecule has 0 bridgehead atoms. The number of carbonyl (C=O) groups excluding carboxylic acids is 1. The summed E-state index contributed by atoms with van der Waals surface area (Å²) in [6, 6.07) is 0. The van der Waals surface area contributed by atoms with E-state index >= 15 is 0 Å². The number of alkyl halides is 2. The van der Waals surface area contributed by atoms with Crippen LogP contribution in [-0.2, 0) is 4.79 Å². The molecule has 1 amide bonds. The first kappa shape index (κ1) is 11.1. The average molecular weight is 225 g/mol. The van der Waals surface area contributed by atoms with E-state index in [2.05, 4.69) is 0 Å². The van der Waals surface area contributed by atoms with E-state index in [1.54, 1.807) is 16.9 Å². The highest BCUT2D eigenvalue weighted by Crippen LogP contribution is 2.35. The third kappa shape index (κ3) is 1.78. The van der Waals surface area contributed by atoms with Crippen LogP contribution in [0.15, 0.2) is 0 Å². The molecule has 1 fully saturated rings. The highest BCUT2D eigenvalue weighted by atomic mass is 35.5. The fraction of sp³-hybridized carbons (Fsp3) is 0.875.